The number of hydrogen-bond acceptors (Lipinski definition) is 3. The Kier molecular flexibility index (Phi) is 5.47. The highest BCUT2D eigenvalue weighted by molar-refractivity contribution is 6.31. The minimum Gasteiger partial charge on any atom is -0.322 e. The average Bonchev–Trinajstić information content (AvgIpc) is 2.65. The standard InChI is InChI=1S/C20H15ClFN3O2/c1-12-3-2-4-14(9-12)24-19(26)13-7-8-23-18(10-13)20(27)25-15-5-6-17(22)16(21)11-15/h2-11H,1H3,(H,24,26)(H,25,27). The van der Waals surface area contributed by atoms with Crippen molar-refractivity contribution in [3.63, 3.8) is 0 Å². The van der Waals surface area contributed by atoms with Crippen LogP contribution in [0.5, 0.6) is 0 Å². The Labute approximate surface area is 160 Å². The first kappa shape index (κ1) is 18.5. The second-order valence-corrected chi connectivity index (χ2v) is 6.24. The second-order valence-electron chi connectivity index (χ2n) is 5.84. The molecule has 2 N–H and O–H groups in total. The van der Waals surface area contributed by atoms with Crippen molar-refractivity contribution in [1.29, 1.82) is 0 Å². The van der Waals surface area contributed by atoms with Crippen LogP contribution in [-0.4, -0.2) is 16.8 Å². The summed E-state index contributed by atoms with van der Waals surface area (Å²) in [7, 11) is 0. The lowest BCUT2D eigenvalue weighted by atomic mass is 10.2. The van der Waals surface area contributed by atoms with Gasteiger partial charge in [0.05, 0.1) is 5.02 Å². The maximum atomic E-state index is 13.2. The summed E-state index contributed by atoms with van der Waals surface area (Å²) in [6.45, 7) is 1.92. The number of aryl methyl sites for hydroxylation is 1. The highest BCUT2D eigenvalue weighted by Gasteiger charge is 2.13. The molecule has 0 radical (unpaired) electrons. The largest absolute Gasteiger partial charge is 0.322 e. The van der Waals surface area contributed by atoms with Crippen LogP contribution >= 0.6 is 11.6 Å². The molecule has 2 aromatic carbocycles. The van der Waals surface area contributed by atoms with Crippen molar-refractivity contribution in [2.45, 2.75) is 6.92 Å². The van der Waals surface area contributed by atoms with E-state index in [1.807, 2.05) is 25.1 Å². The summed E-state index contributed by atoms with van der Waals surface area (Å²) in [5, 5.41) is 5.23. The minimum absolute atomic E-state index is 0.0485. The Morgan fingerprint density at radius 3 is 2.44 bits per heavy atom. The summed E-state index contributed by atoms with van der Waals surface area (Å²) in [5.41, 5.74) is 2.33. The SMILES string of the molecule is Cc1cccc(NC(=O)c2ccnc(C(=O)Nc3ccc(F)c(Cl)c3)c2)c1. The molecule has 5 nitrogen and oxygen atoms in total. The molecule has 0 saturated heterocycles. The number of aromatic nitrogens is 1. The Bertz CT molecular complexity index is 1020. The molecule has 3 rings (SSSR count). The number of carbonyl (C=O) groups is 2. The zero-order valence-electron chi connectivity index (χ0n) is 14.3. The molecule has 0 fully saturated rings. The van der Waals surface area contributed by atoms with E-state index >= 15 is 0 Å². The number of pyridine rings is 1. The lowest BCUT2D eigenvalue weighted by molar-refractivity contribution is 0.102. The van der Waals surface area contributed by atoms with Crippen LogP contribution in [0.25, 0.3) is 0 Å². The molecular formula is C20H15ClFN3O2. The number of hydrogen-bond donors (Lipinski definition) is 2. The maximum Gasteiger partial charge on any atom is 0.274 e. The summed E-state index contributed by atoms with van der Waals surface area (Å²) < 4.78 is 13.2. The third-order valence-electron chi connectivity index (χ3n) is 3.71. The summed E-state index contributed by atoms with van der Waals surface area (Å²) in [5.74, 6) is -1.48. The van der Waals surface area contributed by atoms with Crippen LogP contribution in [0.1, 0.15) is 26.4 Å². The van der Waals surface area contributed by atoms with Crippen molar-refractivity contribution < 1.29 is 14.0 Å². The molecule has 1 heterocycles. The van der Waals surface area contributed by atoms with Crippen molar-refractivity contribution in [1.82, 2.24) is 4.98 Å². The molecule has 0 unspecified atom stereocenters. The minimum atomic E-state index is -0.581. The molecule has 0 saturated carbocycles. The molecular weight excluding hydrogens is 369 g/mol. The van der Waals surface area contributed by atoms with Crippen LogP contribution in [0.4, 0.5) is 15.8 Å². The third-order valence-corrected chi connectivity index (χ3v) is 4.00. The molecule has 0 aliphatic rings. The Hall–Kier alpha value is -3.25. The number of rotatable bonds is 4. The number of nitrogens with zero attached hydrogens (tertiary/aromatic N) is 1. The second kappa shape index (κ2) is 7.97. The quantitative estimate of drug-likeness (QED) is 0.686. The molecule has 0 aliphatic carbocycles. The number of carbonyl (C=O) groups excluding carboxylic acids is 2. The van der Waals surface area contributed by atoms with E-state index in [0.29, 0.717) is 11.4 Å². The number of anilines is 2. The van der Waals surface area contributed by atoms with Gasteiger partial charge in [-0.1, -0.05) is 23.7 Å². The smallest absolute Gasteiger partial charge is 0.274 e. The Morgan fingerprint density at radius 2 is 1.70 bits per heavy atom. The van der Waals surface area contributed by atoms with E-state index in [2.05, 4.69) is 15.6 Å². The summed E-state index contributed by atoms with van der Waals surface area (Å²) in [4.78, 5) is 28.7. The van der Waals surface area contributed by atoms with Gasteiger partial charge in [-0.2, -0.15) is 0 Å². The first-order chi connectivity index (χ1) is 12.9. The molecule has 0 spiro atoms. The summed E-state index contributed by atoms with van der Waals surface area (Å²) in [6.07, 6.45) is 1.37. The van der Waals surface area contributed by atoms with Crippen molar-refractivity contribution >= 4 is 34.8 Å². The molecule has 0 atom stereocenters. The zero-order valence-corrected chi connectivity index (χ0v) is 15.0. The van der Waals surface area contributed by atoms with Gasteiger partial charge in [0.2, 0.25) is 0 Å². The van der Waals surface area contributed by atoms with Crippen LogP contribution in [0.3, 0.4) is 0 Å². The van der Waals surface area contributed by atoms with Crippen molar-refractivity contribution in [3.8, 4) is 0 Å². The van der Waals surface area contributed by atoms with Crippen molar-refractivity contribution in [2.75, 3.05) is 10.6 Å². The van der Waals surface area contributed by atoms with E-state index < -0.39 is 11.7 Å². The van der Waals surface area contributed by atoms with Gasteiger partial charge in [0, 0.05) is 23.1 Å². The van der Waals surface area contributed by atoms with Gasteiger partial charge in [0.15, 0.2) is 0 Å². The number of nitrogens with one attached hydrogen (secondary N) is 2. The van der Waals surface area contributed by atoms with Gasteiger partial charge in [-0.3, -0.25) is 14.6 Å². The molecule has 3 aromatic rings. The highest BCUT2D eigenvalue weighted by atomic mass is 35.5. The average molecular weight is 384 g/mol. The number of amides is 2. The number of benzene rings is 2. The van der Waals surface area contributed by atoms with E-state index in [1.165, 1.54) is 30.5 Å². The van der Waals surface area contributed by atoms with E-state index in [4.69, 9.17) is 11.6 Å². The maximum absolute atomic E-state index is 13.2. The molecule has 7 heteroatoms. The van der Waals surface area contributed by atoms with Crippen LogP contribution in [-0.2, 0) is 0 Å². The molecule has 2 amide bonds. The Morgan fingerprint density at radius 1 is 0.963 bits per heavy atom. The van der Waals surface area contributed by atoms with Gasteiger partial charge in [-0.25, -0.2) is 4.39 Å². The fraction of sp³-hybridized carbons (Fsp3) is 0.0500. The monoisotopic (exact) mass is 383 g/mol. The first-order valence-electron chi connectivity index (χ1n) is 8.03. The van der Waals surface area contributed by atoms with Gasteiger partial charge < -0.3 is 10.6 Å². The van der Waals surface area contributed by atoms with Gasteiger partial charge in [-0.05, 0) is 55.0 Å². The highest BCUT2D eigenvalue weighted by Crippen LogP contribution is 2.20. The Balaban J connectivity index is 1.75. The van der Waals surface area contributed by atoms with E-state index in [1.54, 1.807) is 6.07 Å². The van der Waals surface area contributed by atoms with Gasteiger partial charge in [0.1, 0.15) is 11.5 Å². The normalized spacial score (nSPS) is 10.3. The summed E-state index contributed by atoms with van der Waals surface area (Å²) in [6, 6.07) is 14.1. The van der Waals surface area contributed by atoms with Crippen LogP contribution in [0, 0.1) is 12.7 Å². The van der Waals surface area contributed by atoms with Gasteiger partial charge in [0.25, 0.3) is 11.8 Å². The van der Waals surface area contributed by atoms with Crippen LogP contribution in [0.15, 0.2) is 60.8 Å². The van der Waals surface area contributed by atoms with Crippen molar-refractivity contribution in [3.05, 3.63) is 88.5 Å². The molecule has 27 heavy (non-hydrogen) atoms. The van der Waals surface area contributed by atoms with E-state index in [9.17, 15) is 14.0 Å². The van der Waals surface area contributed by atoms with Gasteiger partial charge >= 0.3 is 0 Å². The van der Waals surface area contributed by atoms with Crippen molar-refractivity contribution in [2.24, 2.45) is 0 Å². The van der Waals surface area contributed by atoms with Crippen LogP contribution < -0.4 is 10.6 Å². The molecule has 136 valence electrons. The molecule has 0 bridgehead atoms. The van der Waals surface area contributed by atoms with E-state index in [-0.39, 0.29) is 22.2 Å². The van der Waals surface area contributed by atoms with Gasteiger partial charge in [-0.15, -0.1) is 0 Å². The lowest BCUT2D eigenvalue weighted by Crippen LogP contribution is -2.17. The first-order valence-corrected chi connectivity index (χ1v) is 8.40. The number of halogens is 2. The zero-order chi connectivity index (χ0) is 19.4. The topological polar surface area (TPSA) is 71.1 Å². The molecule has 0 aliphatic heterocycles. The molecule has 1 aromatic heterocycles. The predicted molar refractivity (Wildman–Crippen MR) is 103 cm³/mol. The summed E-state index contributed by atoms with van der Waals surface area (Å²) >= 11 is 5.70. The predicted octanol–water partition coefficient (Wildman–Crippen LogP) is 4.69. The van der Waals surface area contributed by atoms with Crippen LogP contribution in [0.2, 0.25) is 5.02 Å². The lowest BCUT2D eigenvalue weighted by Gasteiger charge is -2.08. The third kappa shape index (κ3) is 4.68. The fourth-order valence-corrected chi connectivity index (χ4v) is 2.57. The van der Waals surface area contributed by atoms with E-state index in [0.717, 1.165) is 11.6 Å². The fourth-order valence-electron chi connectivity index (χ4n) is 2.39.